The summed E-state index contributed by atoms with van der Waals surface area (Å²) in [4.78, 5) is 11.5. The molecular formula is C18H19N5O. The quantitative estimate of drug-likeness (QED) is 0.742. The van der Waals surface area contributed by atoms with Gasteiger partial charge in [-0.25, -0.2) is 9.50 Å². The zero-order valence-electron chi connectivity index (χ0n) is 13.6. The van der Waals surface area contributed by atoms with Gasteiger partial charge in [-0.05, 0) is 31.2 Å². The molecule has 0 aromatic carbocycles. The molecule has 122 valence electrons. The van der Waals surface area contributed by atoms with E-state index in [4.69, 9.17) is 9.72 Å². The monoisotopic (exact) mass is 321 g/mol. The van der Waals surface area contributed by atoms with Crippen LogP contribution < -0.4 is 4.90 Å². The highest BCUT2D eigenvalue weighted by Gasteiger charge is 2.19. The molecule has 1 saturated heterocycles. The summed E-state index contributed by atoms with van der Waals surface area (Å²) in [5.74, 6) is 0. The summed E-state index contributed by atoms with van der Waals surface area (Å²) in [6.07, 6.45) is 5.41. The van der Waals surface area contributed by atoms with Crippen molar-refractivity contribution in [1.82, 2.24) is 19.6 Å². The maximum absolute atomic E-state index is 5.45. The predicted octanol–water partition coefficient (Wildman–Crippen LogP) is 2.58. The second kappa shape index (κ2) is 6.05. The van der Waals surface area contributed by atoms with E-state index in [9.17, 15) is 0 Å². The van der Waals surface area contributed by atoms with Crippen LogP contribution in [0.25, 0.3) is 23.0 Å². The Morgan fingerprint density at radius 1 is 1.21 bits per heavy atom. The van der Waals surface area contributed by atoms with E-state index in [1.54, 1.807) is 6.08 Å². The van der Waals surface area contributed by atoms with Crippen LogP contribution in [0, 0.1) is 6.92 Å². The molecule has 0 amide bonds. The summed E-state index contributed by atoms with van der Waals surface area (Å²) in [5.41, 5.74) is 5.74. The number of pyridine rings is 1. The third-order valence-corrected chi connectivity index (χ3v) is 4.29. The average molecular weight is 321 g/mol. The van der Waals surface area contributed by atoms with Crippen LogP contribution in [0.1, 0.15) is 11.4 Å². The number of morpholine rings is 1. The molecule has 1 aliphatic heterocycles. The van der Waals surface area contributed by atoms with E-state index < -0.39 is 0 Å². The highest BCUT2D eigenvalue weighted by atomic mass is 16.5. The van der Waals surface area contributed by atoms with Crippen molar-refractivity contribution in [2.75, 3.05) is 31.2 Å². The second-order valence-electron chi connectivity index (χ2n) is 5.77. The fourth-order valence-corrected chi connectivity index (χ4v) is 3.09. The summed E-state index contributed by atoms with van der Waals surface area (Å²) in [6, 6.07) is 6.01. The van der Waals surface area contributed by atoms with E-state index in [-0.39, 0.29) is 0 Å². The summed E-state index contributed by atoms with van der Waals surface area (Å²) in [7, 11) is 0. The molecule has 0 radical (unpaired) electrons. The molecule has 6 nitrogen and oxygen atoms in total. The number of hydrogen-bond donors (Lipinski definition) is 0. The van der Waals surface area contributed by atoms with Gasteiger partial charge in [0.2, 0.25) is 0 Å². The predicted molar refractivity (Wildman–Crippen MR) is 94.1 cm³/mol. The fraction of sp³-hybridized carbons (Fsp3) is 0.278. The Bertz CT molecular complexity index is 878. The van der Waals surface area contributed by atoms with Crippen LogP contribution in [0.3, 0.4) is 0 Å². The van der Waals surface area contributed by atoms with Gasteiger partial charge in [0, 0.05) is 24.8 Å². The second-order valence-corrected chi connectivity index (χ2v) is 5.77. The van der Waals surface area contributed by atoms with Gasteiger partial charge in [-0.2, -0.15) is 5.10 Å². The molecule has 4 heterocycles. The van der Waals surface area contributed by atoms with Gasteiger partial charge in [0.05, 0.1) is 42.2 Å². The van der Waals surface area contributed by atoms with Crippen molar-refractivity contribution in [2.45, 2.75) is 6.92 Å². The lowest BCUT2D eigenvalue weighted by Gasteiger charge is -2.28. The molecule has 3 aromatic heterocycles. The summed E-state index contributed by atoms with van der Waals surface area (Å²) < 4.78 is 7.36. The molecule has 0 aliphatic carbocycles. The number of imidazole rings is 1. The molecule has 0 N–H and O–H groups in total. The minimum atomic E-state index is 0.744. The van der Waals surface area contributed by atoms with Crippen LogP contribution in [0.5, 0.6) is 0 Å². The Labute approximate surface area is 140 Å². The van der Waals surface area contributed by atoms with Crippen LogP contribution in [0.4, 0.5) is 5.69 Å². The average Bonchev–Trinajstić information content (AvgIpc) is 2.98. The summed E-state index contributed by atoms with van der Waals surface area (Å²) >= 11 is 0. The van der Waals surface area contributed by atoms with Gasteiger partial charge in [0.1, 0.15) is 0 Å². The highest BCUT2D eigenvalue weighted by molar-refractivity contribution is 5.75. The minimum Gasteiger partial charge on any atom is -0.378 e. The number of aromatic nitrogens is 4. The van der Waals surface area contributed by atoms with E-state index in [0.29, 0.717) is 0 Å². The zero-order valence-corrected chi connectivity index (χ0v) is 13.6. The lowest BCUT2D eigenvalue weighted by molar-refractivity contribution is 0.123. The van der Waals surface area contributed by atoms with Crippen LogP contribution >= 0.6 is 0 Å². The molecule has 0 spiro atoms. The Morgan fingerprint density at radius 2 is 2.04 bits per heavy atom. The third-order valence-electron chi connectivity index (χ3n) is 4.29. The lowest BCUT2D eigenvalue weighted by atomic mass is 10.1. The van der Waals surface area contributed by atoms with E-state index in [1.807, 2.05) is 42.0 Å². The fourth-order valence-electron chi connectivity index (χ4n) is 3.09. The number of aryl methyl sites for hydroxylation is 1. The molecule has 0 unspecified atom stereocenters. The summed E-state index contributed by atoms with van der Waals surface area (Å²) in [5, 5.41) is 4.52. The van der Waals surface area contributed by atoms with Gasteiger partial charge in [-0.1, -0.05) is 6.58 Å². The molecule has 1 fully saturated rings. The van der Waals surface area contributed by atoms with Crippen LogP contribution in [-0.2, 0) is 4.74 Å². The molecule has 0 saturated carbocycles. The Hall–Kier alpha value is -2.73. The molecule has 24 heavy (non-hydrogen) atoms. The van der Waals surface area contributed by atoms with Crippen molar-refractivity contribution in [3.05, 3.63) is 48.6 Å². The van der Waals surface area contributed by atoms with Crippen molar-refractivity contribution in [1.29, 1.82) is 0 Å². The van der Waals surface area contributed by atoms with E-state index >= 15 is 0 Å². The van der Waals surface area contributed by atoms with Gasteiger partial charge in [0.15, 0.2) is 5.65 Å². The highest BCUT2D eigenvalue weighted by Crippen LogP contribution is 2.28. The minimum absolute atomic E-state index is 0.744. The Balaban J connectivity index is 1.84. The maximum atomic E-state index is 5.45. The number of anilines is 1. The molecule has 0 atom stereocenters. The first-order valence-corrected chi connectivity index (χ1v) is 8.04. The number of nitrogens with zero attached hydrogens (tertiary/aromatic N) is 5. The standard InChI is InChI=1S/C18H19N5O/c1-3-15-5-4-14(12-19-15)17-13(2)21-18-16(6-7-20-23(17)18)22-8-10-24-11-9-22/h3-7,12H,1,8-11H2,2H3. The van der Waals surface area contributed by atoms with E-state index in [2.05, 4.69) is 21.6 Å². The Morgan fingerprint density at radius 3 is 2.75 bits per heavy atom. The van der Waals surface area contributed by atoms with Crippen LogP contribution in [0.15, 0.2) is 37.2 Å². The summed E-state index contributed by atoms with van der Waals surface area (Å²) in [6.45, 7) is 8.99. The van der Waals surface area contributed by atoms with Crippen molar-refractivity contribution in [2.24, 2.45) is 0 Å². The van der Waals surface area contributed by atoms with Crippen molar-refractivity contribution < 1.29 is 4.74 Å². The number of fused-ring (bicyclic) bond motifs is 1. The smallest absolute Gasteiger partial charge is 0.178 e. The first-order valence-electron chi connectivity index (χ1n) is 8.04. The van der Waals surface area contributed by atoms with Gasteiger partial charge in [0.25, 0.3) is 0 Å². The lowest BCUT2D eigenvalue weighted by Crippen LogP contribution is -2.36. The first kappa shape index (κ1) is 14.8. The molecule has 3 aromatic rings. The number of hydrogen-bond acceptors (Lipinski definition) is 5. The van der Waals surface area contributed by atoms with Crippen molar-refractivity contribution in [3.63, 3.8) is 0 Å². The molecule has 1 aliphatic rings. The normalized spacial score (nSPS) is 15.0. The van der Waals surface area contributed by atoms with Gasteiger partial charge >= 0.3 is 0 Å². The third kappa shape index (κ3) is 2.45. The molecular weight excluding hydrogens is 302 g/mol. The van der Waals surface area contributed by atoms with E-state index in [0.717, 1.165) is 60.3 Å². The van der Waals surface area contributed by atoms with Gasteiger partial charge < -0.3 is 9.64 Å². The topological polar surface area (TPSA) is 55.5 Å². The van der Waals surface area contributed by atoms with Crippen molar-refractivity contribution in [3.8, 4) is 11.3 Å². The zero-order chi connectivity index (χ0) is 16.5. The van der Waals surface area contributed by atoms with Gasteiger partial charge in [-0.15, -0.1) is 0 Å². The maximum Gasteiger partial charge on any atom is 0.178 e. The molecule has 4 rings (SSSR count). The number of ether oxygens (including phenoxy) is 1. The largest absolute Gasteiger partial charge is 0.378 e. The number of rotatable bonds is 3. The van der Waals surface area contributed by atoms with E-state index in [1.165, 1.54) is 0 Å². The first-order chi connectivity index (χ1) is 11.8. The SMILES string of the molecule is C=Cc1ccc(-c2c(C)nc3c(N4CCOCC4)ccnn23)cn1. The van der Waals surface area contributed by atoms with Crippen LogP contribution in [-0.4, -0.2) is 45.9 Å². The molecule has 6 heteroatoms. The van der Waals surface area contributed by atoms with Gasteiger partial charge in [-0.3, -0.25) is 4.98 Å². The van der Waals surface area contributed by atoms with Crippen LogP contribution in [0.2, 0.25) is 0 Å². The molecule has 0 bridgehead atoms. The Kier molecular flexibility index (Phi) is 3.74. The van der Waals surface area contributed by atoms with Crippen molar-refractivity contribution >= 4 is 17.4 Å².